The van der Waals surface area contributed by atoms with Crippen LogP contribution in [0.5, 0.6) is 0 Å². The average molecular weight is 192 g/mol. The molecule has 0 aromatic carbocycles. The monoisotopic (exact) mass is 191 g/mol. The summed E-state index contributed by atoms with van der Waals surface area (Å²) in [5, 5.41) is 0. The first-order chi connectivity index (χ1) is 5.22. The summed E-state index contributed by atoms with van der Waals surface area (Å²) in [5.74, 6) is 0.458. The van der Waals surface area contributed by atoms with Crippen molar-refractivity contribution >= 4 is 5.78 Å². The molecule has 0 spiro atoms. The van der Waals surface area contributed by atoms with Gasteiger partial charge in [0.25, 0.3) is 0 Å². The Kier molecular flexibility index (Phi) is 4.80. The Labute approximate surface area is 80.9 Å². The average Bonchev–Trinajstić information content (AvgIpc) is 2.04. The van der Waals surface area contributed by atoms with Crippen LogP contribution in [0.25, 0.3) is 0 Å². The smallest absolute Gasteiger partial charge is 0.187 e. The van der Waals surface area contributed by atoms with Crippen molar-refractivity contribution < 1.29 is 21.7 Å². The van der Waals surface area contributed by atoms with Crippen LogP contribution >= 0.6 is 0 Å². The van der Waals surface area contributed by atoms with Gasteiger partial charge in [0.2, 0.25) is 0 Å². The molecule has 0 amide bonds. The Morgan fingerprint density at radius 2 is 1.92 bits per heavy atom. The van der Waals surface area contributed by atoms with Gasteiger partial charge in [0.05, 0.1) is 19.6 Å². The number of hydrogen-bond donors (Lipinski definition) is 0. The molecule has 1 rings (SSSR count). The van der Waals surface area contributed by atoms with E-state index in [4.69, 9.17) is 0 Å². The molecule has 0 N–H and O–H groups in total. The molecular weight excluding hydrogens is 174 g/mol. The molecule has 2 nitrogen and oxygen atoms in total. The topological polar surface area (TPSA) is 17.1 Å². The third kappa shape index (κ3) is 2.46. The quantitative estimate of drug-likeness (QED) is 0.472. The third-order valence-electron chi connectivity index (χ3n) is 2.94. The number of piperidine rings is 1. The van der Waals surface area contributed by atoms with Crippen LogP contribution in [0.15, 0.2) is 0 Å². The fourth-order valence-electron chi connectivity index (χ4n) is 1.91. The van der Waals surface area contributed by atoms with Gasteiger partial charge in [0, 0.05) is 12.8 Å². The molecular formula is C9H18ClNO. The minimum atomic E-state index is 0. The zero-order valence-corrected chi connectivity index (χ0v) is 8.73. The summed E-state index contributed by atoms with van der Waals surface area (Å²) in [6, 6.07) is 0. The molecule has 1 aliphatic rings. The van der Waals surface area contributed by atoms with E-state index in [2.05, 4.69) is 13.8 Å². The summed E-state index contributed by atoms with van der Waals surface area (Å²) in [6.07, 6.45) is 1.92. The molecule has 0 atom stereocenters. The van der Waals surface area contributed by atoms with Crippen molar-refractivity contribution in [2.45, 2.75) is 26.7 Å². The highest BCUT2D eigenvalue weighted by atomic mass is 35.5. The van der Waals surface area contributed by atoms with Crippen LogP contribution in [-0.4, -0.2) is 36.4 Å². The zero-order chi connectivity index (χ0) is 8.32. The summed E-state index contributed by atoms with van der Waals surface area (Å²) in [7, 11) is 0. The van der Waals surface area contributed by atoms with Gasteiger partial charge in [-0.25, -0.2) is 0 Å². The van der Waals surface area contributed by atoms with Crippen LogP contribution in [0.1, 0.15) is 26.7 Å². The lowest BCUT2D eigenvalue weighted by Crippen LogP contribution is -3.00. The van der Waals surface area contributed by atoms with Crippen LogP contribution in [0.2, 0.25) is 0 Å². The molecule has 3 heteroatoms. The van der Waals surface area contributed by atoms with E-state index in [1.165, 1.54) is 6.54 Å². The maximum Gasteiger partial charge on any atom is 0.187 e. The highest BCUT2D eigenvalue weighted by molar-refractivity contribution is 5.79. The SMILES string of the molecule is CC[N+]1(CC)CCCC(=O)C1.[Cl-]. The molecule has 1 heterocycles. The van der Waals surface area contributed by atoms with Crippen LogP contribution in [0.3, 0.4) is 0 Å². The van der Waals surface area contributed by atoms with Crippen molar-refractivity contribution in [1.82, 2.24) is 0 Å². The Morgan fingerprint density at radius 3 is 2.25 bits per heavy atom. The molecule has 0 aromatic heterocycles. The summed E-state index contributed by atoms with van der Waals surface area (Å²) in [5.41, 5.74) is 0. The first-order valence-electron chi connectivity index (χ1n) is 4.59. The van der Waals surface area contributed by atoms with Crippen LogP contribution in [-0.2, 0) is 4.79 Å². The Balaban J connectivity index is 0.00000121. The second-order valence-corrected chi connectivity index (χ2v) is 3.50. The second kappa shape index (κ2) is 4.83. The number of nitrogens with zero attached hydrogens (tertiary/aromatic N) is 1. The number of rotatable bonds is 2. The summed E-state index contributed by atoms with van der Waals surface area (Å²) < 4.78 is 1.03. The Hall–Kier alpha value is -0.0800. The molecule has 0 unspecified atom stereocenters. The Morgan fingerprint density at radius 1 is 1.33 bits per heavy atom. The first-order valence-corrected chi connectivity index (χ1v) is 4.59. The van der Waals surface area contributed by atoms with Gasteiger partial charge >= 0.3 is 0 Å². The summed E-state index contributed by atoms with van der Waals surface area (Å²) >= 11 is 0. The molecule has 0 saturated carbocycles. The van der Waals surface area contributed by atoms with Crippen LogP contribution in [0.4, 0.5) is 0 Å². The highest BCUT2D eigenvalue weighted by Gasteiger charge is 2.30. The molecule has 0 bridgehead atoms. The minimum Gasteiger partial charge on any atom is -1.00 e. The molecule has 1 aliphatic heterocycles. The number of Topliss-reactive ketones (excluding diaryl/α,β-unsaturated/α-hetero) is 1. The van der Waals surface area contributed by atoms with Crippen molar-refractivity contribution in [1.29, 1.82) is 0 Å². The number of carbonyl (C=O) groups excluding carboxylic acids is 1. The van der Waals surface area contributed by atoms with Gasteiger partial charge in [-0.1, -0.05) is 0 Å². The van der Waals surface area contributed by atoms with E-state index in [9.17, 15) is 4.79 Å². The zero-order valence-electron chi connectivity index (χ0n) is 7.98. The van der Waals surface area contributed by atoms with Crippen LogP contribution < -0.4 is 12.4 Å². The van der Waals surface area contributed by atoms with Gasteiger partial charge in [0.15, 0.2) is 5.78 Å². The number of likely N-dealkylation sites (N-methyl/N-ethyl adjacent to an activating group) is 1. The fraction of sp³-hybridized carbons (Fsp3) is 0.889. The third-order valence-corrected chi connectivity index (χ3v) is 2.94. The minimum absolute atomic E-state index is 0. The molecule has 1 fully saturated rings. The first kappa shape index (κ1) is 11.9. The summed E-state index contributed by atoms with van der Waals surface area (Å²) in [4.78, 5) is 11.2. The summed E-state index contributed by atoms with van der Waals surface area (Å²) in [6.45, 7) is 8.58. The normalized spacial score (nSPS) is 21.7. The molecule has 0 radical (unpaired) electrons. The maximum absolute atomic E-state index is 11.2. The number of halogens is 1. The number of likely N-dealkylation sites (tertiary alicyclic amines) is 1. The number of quaternary nitrogens is 1. The molecule has 0 aromatic rings. The van der Waals surface area contributed by atoms with E-state index < -0.39 is 0 Å². The van der Waals surface area contributed by atoms with E-state index in [-0.39, 0.29) is 12.4 Å². The lowest BCUT2D eigenvalue weighted by Gasteiger charge is -2.38. The number of ketones is 1. The van der Waals surface area contributed by atoms with E-state index in [0.29, 0.717) is 5.78 Å². The second-order valence-electron chi connectivity index (χ2n) is 3.50. The predicted molar refractivity (Wildman–Crippen MR) is 45.3 cm³/mol. The maximum atomic E-state index is 11.2. The Bertz CT molecular complexity index is 155. The van der Waals surface area contributed by atoms with Crippen molar-refractivity contribution in [2.24, 2.45) is 0 Å². The standard InChI is InChI=1S/C9H18NO.ClH/c1-3-10(4-2)7-5-6-9(11)8-10;/h3-8H2,1-2H3;1H/q+1;/p-1. The van der Waals surface area contributed by atoms with Gasteiger partial charge in [-0.15, -0.1) is 0 Å². The van der Waals surface area contributed by atoms with Crippen LogP contribution in [0, 0.1) is 0 Å². The van der Waals surface area contributed by atoms with Gasteiger partial charge in [-0.2, -0.15) is 0 Å². The van der Waals surface area contributed by atoms with E-state index in [1.807, 2.05) is 0 Å². The van der Waals surface area contributed by atoms with Crippen molar-refractivity contribution in [3.63, 3.8) is 0 Å². The van der Waals surface area contributed by atoms with Crippen molar-refractivity contribution in [3.8, 4) is 0 Å². The predicted octanol–water partition coefficient (Wildman–Crippen LogP) is -1.79. The van der Waals surface area contributed by atoms with E-state index in [1.54, 1.807) is 0 Å². The van der Waals surface area contributed by atoms with E-state index in [0.717, 1.165) is 37.0 Å². The molecule has 1 saturated heterocycles. The molecule has 0 aliphatic carbocycles. The molecule has 72 valence electrons. The number of hydrogen-bond acceptors (Lipinski definition) is 1. The van der Waals surface area contributed by atoms with Crippen molar-refractivity contribution in [3.05, 3.63) is 0 Å². The van der Waals surface area contributed by atoms with E-state index >= 15 is 0 Å². The lowest BCUT2D eigenvalue weighted by molar-refractivity contribution is -0.919. The fourth-order valence-corrected chi connectivity index (χ4v) is 1.91. The molecule has 12 heavy (non-hydrogen) atoms. The van der Waals surface area contributed by atoms with Gasteiger partial charge in [0.1, 0.15) is 6.54 Å². The van der Waals surface area contributed by atoms with Gasteiger partial charge < -0.3 is 16.9 Å². The number of carbonyl (C=O) groups is 1. The highest BCUT2D eigenvalue weighted by Crippen LogP contribution is 2.15. The van der Waals surface area contributed by atoms with Crippen molar-refractivity contribution in [2.75, 3.05) is 26.2 Å². The van der Waals surface area contributed by atoms with Gasteiger partial charge in [-0.3, -0.25) is 4.79 Å². The van der Waals surface area contributed by atoms with Gasteiger partial charge in [-0.05, 0) is 13.8 Å². The lowest BCUT2D eigenvalue weighted by atomic mass is 10.1. The largest absolute Gasteiger partial charge is 1.00 e.